The van der Waals surface area contributed by atoms with Crippen LogP contribution < -0.4 is 0 Å². The van der Waals surface area contributed by atoms with Gasteiger partial charge in [0, 0.05) is 0 Å². The lowest BCUT2D eigenvalue weighted by molar-refractivity contribution is 0.177. The standard InChI is InChI=1S/C14H20O/c1-10-3-4-12(7-11(10)2)8-13-5-6-14(15)9-13/h3-4,7,13-15H,5-6,8-9H2,1-2H3. The van der Waals surface area contributed by atoms with E-state index >= 15 is 0 Å². The topological polar surface area (TPSA) is 20.2 Å². The Bertz CT molecular complexity index is 343. The number of hydrogen-bond donors (Lipinski definition) is 1. The predicted molar refractivity (Wildman–Crippen MR) is 63.0 cm³/mol. The molecule has 1 heteroatoms. The summed E-state index contributed by atoms with van der Waals surface area (Å²) in [5.41, 5.74) is 4.17. The van der Waals surface area contributed by atoms with Gasteiger partial charge in [-0.05, 0) is 62.1 Å². The second-order valence-corrected chi connectivity index (χ2v) is 4.96. The molecule has 1 N–H and O–H groups in total. The summed E-state index contributed by atoms with van der Waals surface area (Å²) in [6, 6.07) is 6.73. The van der Waals surface area contributed by atoms with Crippen LogP contribution in [0.1, 0.15) is 36.0 Å². The molecule has 0 heterocycles. The first-order chi connectivity index (χ1) is 7.15. The van der Waals surface area contributed by atoms with Crippen molar-refractivity contribution < 1.29 is 5.11 Å². The third-order valence-corrected chi connectivity index (χ3v) is 3.61. The number of rotatable bonds is 2. The number of aliphatic hydroxyl groups is 1. The molecule has 1 fully saturated rings. The maximum absolute atomic E-state index is 9.48. The highest BCUT2D eigenvalue weighted by Crippen LogP contribution is 2.28. The maximum atomic E-state index is 9.48. The summed E-state index contributed by atoms with van der Waals surface area (Å²) in [6.07, 6.45) is 4.27. The molecular weight excluding hydrogens is 184 g/mol. The Labute approximate surface area is 92.1 Å². The zero-order valence-corrected chi connectivity index (χ0v) is 9.66. The van der Waals surface area contributed by atoms with Crippen molar-refractivity contribution in [3.05, 3.63) is 34.9 Å². The third-order valence-electron chi connectivity index (χ3n) is 3.61. The molecule has 0 spiro atoms. The summed E-state index contributed by atoms with van der Waals surface area (Å²) in [5, 5.41) is 9.48. The summed E-state index contributed by atoms with van der Waals surface area (Å²) in [6.45, 7) is 4.32. The van der Waals surface area contributed by atoms with E-state index in [0.717, 1.165) is 19.3 Å². The highest BCUT2D eigenvalue weighted by atomic mass is 16.3. The van der Waals surface area contributed by atoms with Crippen LogP contribution in [0.15, 0.2) is 18.2 Å². The van der Waals surface area contributed by atoms with Gasteiger partial charge >= 0.3 is 0 Å². The van der Waals surface area contributed by atoms with E-state index in [0.29, 0.717) is 5.92 Å². The minimum absolute atomic E-state index is 0.0402. The van der Waals surface area contributed by atoms with Crippen LogP contribution in [-0.4, -0.2) is 11.2 Å². The van der Waals surface area contributed by atoms with Gasteiger partial charge < -0.3 is 5.11 Å². The van der Waals surface area contributed by atoms with E-state index in [1.165, 1.54) is 23.1 Å². The number of benzene rings is 1. The Morgan fingerprint density at radius 1 is 1.20 bits per heavy atom. The molecule has 1 nitrogen and oxygen atoms in total. The molecule has 1 aliphatic carbocycles. The van der Waals surface area contributed by atoms with Gasteiger partial charge in [-0.3, -0.25) is 0 Å². The Kier molecular flexibility index (Phi) is 3.11. The van der Waals surface area contributed by atoms with Crippen LogP contribution in [0.5, 0.6) is 0 Å². The van der Waals surface area contributed by atoms with Crippen molar-refractivity contribution in [2.75, 3.05) is 0 Å². The molecule has 0 aliphatic heterocycles. The van der Waals surface area contributed by atoms with Crippen LogP contribution in [0.3, 0.4) is 0 Å². The first-order valence-corrected chi connectivity index (χ1v) is 5.89. The lowest BCUT2D eigenvalue weighted by Gasteiger charge is -2.10. The van der Waals surface area contributed by atoms with Gasteiger partial charge in [0.25, 0.3) is 0 Å². The summed E-state index contributed by atoms with van der Waals surface area (Å²) < 4.78 is 0. The minimum atomic E-state index is -0.0402. The van der Waals surface area contributed by atoms with Crippen molar-refractivity contribution >= 4 is 0 Å². The summed E-state index contributed by atoms with van der Waals surface area (Å²) in [5.74, 6) is 0.696. The SMILES string of the molecule is Cc1ccc(CC2CCC(O)C2)cc1C. The van der Waals surface area contributed by atoms with Crippen LogP contribution in [0, 0.1) is 19.8 Å². The van der Waals surface area contributed by atoms with Gasteiger partial charge in [0.05, 0.1) is 6.10 Å². The number of aryl methyl sites for hydroxylation is 2. The molecule has 0 aromatic heterocycles. The largest absolute Gasteiger partial charge is 0.393 e. The fourth-order valence-corrected chi connectivity index (χ4v) is 2.50. The van der Waals surface area contributed by atoms with Crippen molar-refractivity contribution in [1.82, 2.24) is 0 Å². The monoisotopic (exact) mass is 204 g/mol. The molecule has 0 radical (unpaired) electrons. The zero-order valence-electron chi connectivity index (χ0n) is 9.66. The van der Waals surface area contributed by atoms with Crippen molar-refractivity contribution in [3.63, 3.8) is 0 Å². The molecule has 1 aromatic carbocycles. The quantitative estimate of drug-likeness (QED) is 0.785. The first kappa shape index (κ1) is 10.7. The molecule has 82 valence electrons. The average molecular weight is 204 g/mol. The minimum Gasteiger partial charge on any atom is -0.393 e. The van der Waals surface area contributed by atoms with Crippen molar-refractivity contribution in [3.8, 4) is 0 Å². The molecule has 1 aromatic rings. The smallest absolute Gasteiger partial charge is 0.0543 e. The van der Waals surface area contributed by atoms with Gasteiger partial charge in [-0.15, -0.1) is 0 Å². The molecule has 2 unspecified atom stereocenters. The van der Waals surface area contributed by atoms with Crippen LogP contribution >= 0.6 is 0 Å². The van der Waals surface area contributed by atoms with Crippen LogP contribution in [-0.2, 0) is 6.42 Å². The lowest BCUT2D eigenvalue weighted by Crippen LogP contribution is -2.03. The van der Waals surface area contributed by atoms with Gasteiger partial charge in [-0.1, -0.05) is 18.2 Å². The molecule has 2 rings (SSSR count). The molecule has 1 aliphatic rings. The molecule has 0 amide bonds. The van der Waals surface area contributed by atoms with Gasteiger partial charge in [-0.2, -0.15) is 0 Å². The lowest BCUT2D eigenvalue weighted by atomic mass is 9.95. The molecule has 0 saturated heterocycles. The molecule has 0 bridgehead atoms. The number of aliphatic hydroxyl groups excluding tert-OH is 1. The van der Waals surface area contributed by atoms with E-state index in [4.69, 9.17) is 0 Å². The second-order valence-electron chi connectivity index (χ2n) is 4.96. The Morgan fingerprint density at radius 3 is 2.60 bits per heavy atom. The van der Waals surface area contributed by atoms with E-state index < -0.39 is 0 Å². The van der Waals surface area contributed by atoms with Gasteiger partial charge in [0.1, 0.15) is 0 Å². The summed E-state index contributed by atoms with van der Waals surface area (Å²) in [4.78, 5) is 0. The zero-order chi connectivity index (χ0) is 10.8. The van der Waals surface area contributed by atoms with Crippen molar-refractivity contribution in [1.29, 1.82) is 0 Å². The molecule has 15 heavy (non-hydrogen) atoms. The summed E-state index contributed by atoms with van der Waals surface area (Å²) in [7, 11) is 0. The first-order valence-electron chi connectivity index (χ1n) is 5.89. The molecule has 2 atom stereocenters. The highest BCUT2D eigenvalue weighted by molar-refractivity contribution is 5.30. The van der Waals surface area contributed by atoms with Crippen LogP contribution in [0.25, 0.3) is 0 Å². The molecular formula is C14H20O. The van der Waals surface area contributed by atoms with Gasteiger partial charge in [0.2, 0.25) is 0 Å². The highest BCUT2D eigenvalue weighted by Gasteiger charge is 2.22. The van der Waals surface area contributed by atoms with Crippen molar-refractivity contribution in [2.24, 2.45) is 5.92 Å². The maximum Gasteiger partial charge on any atom is 0.0543 e. The summed E-state index contributed by atoms with van der Waals surface area (Å²) >= 11 is 0. The third kappa shape index (κ3) is 2.60. The average Bonchev–Trinajstić information content (AvgIpc) is 2.58. The fraction of sp³-hybridized carbons (Fsp3) is 0.571. The van der Waals surface area contributed by atoms with Crippen LogP contribution in [0.2, 0.25) is 0 Å². The van der Waals surface area contributed by atoms with Gasteiger partial charge in [0.15, 0.2) is 0 Å². The van der Waals surface area contributed by atoms with Crippen LogP contribution in [0.4, 0.5) is 0 Å². The Balaban J connectivity index is 2.02. The second kappa shape index (κ2) is 4.36. The van der Waals surface area contributed by atoms with E-state index in [1.54, 1.807) is 0 Å². The predicted octanol–water partition coefficient (Wildman–Crippen LogP) is 3.01. The number of hydrogen-bond acceptors (Lipinski definition) is 1. The van der Waals surface area contributed by atoms with Crippen molar-refractivity contribution in [2.45, 2.75) is 45.6 Å². The Hall–Kier alpha value is -0.820. The normalized spacial score (nSPS) is 25.8. The fourth-order valence-electron chi connectivity index (χ4n) is 2.50. The Morgan fingerprint density at radius 2 is 2.00 bits per heavy atom. The van der Waals surface area contributed by atoms with E-state index in [9.17, 15) is 5.11 Å². The van der Waals surface area contributed by atoms with E-state index in [-0.39, 0.29) is 6.10 Å². The van der Waals surface area contributed by atoms with Gasteiger partial charge in [-0.25, -0.2) is 0 Å². The van der Waals surface area contributed by atoms with E-state index in [2.05, 4.69) is 32.0 Å². The van der Waals surface area contributed by atoms with E-state index in [1.807, 2.05) is 0 Å². The molecule has 1 saturated carbocycles.